The molecule has 35 heavy (non-hydrogen) atoms. The number of para-hydroxylation sites is 1. The van der Waals surface area contributed by atoms with Gasteiger partial charge in [0.05, 0.1) is 22.7 Å². The molecule has 0 atom stereocenters. The normalized spacial score (nSPS) is 16.9. The predicted molar refractivity (Wildman–Crippen MR) is 139 cm³/mol. The first-order valence-electron chi connectivity index (χ1n) is 12.3. The fraction of sp³-hybridized carbons (Fsp3) is 0.407. The van der Waals surface area contributed by atoms with Crippen molar-refractivity contribution in [3.8, 4) is 6.07 Å². The smallest absolute Gasteiger partial charge is 0.262 e. The number of rotatable bonds is 5. The zero-order valence-electron chi connectivity index (χ0n) is 19.7. The lowest BCUT2D eigenvalue weighted by atomic mass is 9.95. The SMILES string of the molecule is N#CCSc1nc2cc(C(=O)N3CCN(c4ccccc4)CC3)ccc2c(=O)n1C1CCCCC1. The first-order chi connectivity index (χ1) is 17.2. The van der Waals surface area contributed by atoms with Crippen molar-refractivity contribution in [1.82, 2.24) is 14.5 Å². The first-order valence-corrected chi connectivity index (χ1v) is 13.3. The molecule has 2 aliphatic rings. The molecule has 1 aliphatic carbocycles. The molecule has 0 bridgehead atoms. The molecule has 3 aromatic rings. The summed E-state index contributed by atoms with van der Waals surface area (Å²) < 4.78 is 1.80. The zero-order valence-corrected chi connectivity index (χ0v) is 20.5. The molecular weight excluding hydrogens is 458 g/mol. The molecule has 2 fully saturated rings. The van der Waals surface area contributed by atoms with Crippen LogP contribution in [0.5, 0.6) is 0 Å². The van der Waals surface area contributed by atoms with E-state index in [2.05, 4.69) is 23.1 Å². The van der Waals surface area contributed by atoms with E-state index in [0.29, 0.717) is 34.7 Å². The molecule has 1 saturated heterocycles. The summed E-state index contributed by atoms with van der Waals surface area (Å²) in [6, 6.07) is 17.8. The van der Waals surface area contributed by atoms with E-state index in [1.807, 2.05) is 23.1 Å². The summed E-state index contributed by atoms with van der Waals surface area (Å²) in [4.78, 5) is 35.7. The average Bonchev–Trinajstić information content (AvgIpc) is 2.92. The van der Waals surface area contributed by atoms with Crippen molar-refractivity contribution < 1.29 is 4.79 Å². The van der Waals surface area contributed by atoms with Crippen LogP contribution in [0, 0.1) is 11.3 Å². The number of benzene rings is 2. The summed E-state index contributed by atoms with van der Waals surface area (Å²) in [6.45, 7) is 2.85. The van der Waals surface area contributed by atoms with E-state index < -0.39 is 0 Å². The molecule has 5 rings (SSSR count). The van der Waals surface area contributed by atoms with E-state index in [4.69, 9.17) is 10.2 Å². The van der Waals surface area contributed by atoms with Gasteiger partial charge in [-0.05, 0) is 43.2 Å². The monoisotopic (exact) mass is 487 g/mol. The first kappa shape index (κ1) is 23.4. The van der Waals surface area contributed by atoms with E-state index in [9.17, 15) is 9.59 Å². The number of amides is 1. The maximum atomic E-state index is 13.5. The standard InChI is InChI=1S/C27H29N5O2S/c28-13-18-35-27-29-24-19-20(11-12-23(24)26(34)32(27)22-9-5-2-6-10-22)25(33)31-16-14-30(15-17-31)21-7-3-1-4-8-21/h1,3-4,7-8,11-12,19,22H,2,5-6,9-10,14-18H2. The van der Waals surface area contributed by atoms with Crippen molar-refractivity contribution in [2.45, 2.75) is 43.3 Å². The Morgan fingerprint density at radius 1 is 1.03 bits per heavy atom. The fourth-order valence-corrected chi connectivity index (χ4v) is 5.89. The Morgan fingerprint density at radius 2 is 1.77 bits per heavy atom. The molecular formula is C27H29N5O2S. The lowest BCUT2D eigenvalue weighted by Crippen LogP contribution is -2.48. The molecule has 2 aromatic carbocycles. The number of carbonyl (C=O) groups excluding carboxylic acids is 1. The third-order valence-corrected chi connectivity index (χ3v) is 7.83. The van der Waals surface area contributed by atoms with Gasteiger partial charge >= 0.3 is 0 Å². The van der Waals surface area contributed by atoms with Gasteiger partial charge in [0.15, 0.2) is 5.16 Å². The third kappa shape index (κ3) is 4.92. The van der Waals surface area contributed by atoms with Crippen LogP contribution in [0.3, 0.4) is 0 Å². The van der Waals surface area contributed by atoms with Gasteiger partial charge < -0.3 is 9.80 Å². The van der Waals surface area contributed by atoms with E-state index >= 15 is 0 Å². The number of thioether (sulfide) groups is 1. The van der Waals surface area contributed by atoms with Crippen LogP contribution >= 0.6 is 11.8 Å². The van der Waals surface area contributed by atoms with Crippen molar-refractivity contribution >= 4 is 34.3 Å². The average molecular weight is 488 g/mol. The predicted octanol–water partition coefficient (Wildman–Crippen LogP) is 4.48. The molecule has 1 aliphatic heterocycles. The molecule has 1 amide bonds. The highest BCUT2D eigenvalue weighted by Gasteiger charge is 2.25. The maximum absolute atomic E-state index is 13.5. The Bertz CT molecular complexity index is 1300. The number of anilines is 1. The summed E-state index contributed by atoms with van der Waals surface area (Å²) in [5.41, 5.74) is 2.17. The van der Waals surface area contributed by atoms with Crippen molar-refractivity contribution in [3.05, 3.63) is 64.4 Å². The number of carbonyl (C=O) groups is 1. The van der Waals surface area contributed by atoms with Gasteiger partial charge in [0.2, 0.25) is 0 Å². The van der Waals surface area contributed by atoms with Gasteiger partial charge in [0, 0.05) is 43.5 Å². The highest BCUT2D eigenvalue weighted by molar-refractivity contribution is 7.99. The Hall–Kier alpha value is -3.31. The van der Waals surface area contributed by atoms with Gasteiger partial charge in [-0.3, -0.25) is 14.2 Å². The molecule has 1 saturated carbocycles. The van der Waals surface area contributed by atoms with Gasteiger partial charge in [-0.15, -0.1) is 0 Å². The topological polar surface area (TPSA) is 82.2 Å². The lowest BCUT2D eigenvalue weighted by Gasteiger charge is -2.36. The molecule has 0 unspecified atom stereocenters. The Morgan fingerprint density at radius 3 is 2.49 bits per heavy atom. The van der Waals surface area contributed by atoms with Crippen LogP contribution in [0.25, 0.3) is 10.9 Å². The van der Waals surface area contributed by atoms with Crippen molar-refractivity contribution in [3.63, 3.8) is 0 Å². The van der Waals surface area contributed by atoms with Crippen molar-refractivity contribution in [2.24, 2.45) is 0 Å². The van der Waals surface area contributed by atoms with Crippen LogP contribution in [0.15, 0.2) is 58.5 Å². The minimum Gasteiger partial charge on any atom is -0.368 e. The number of nitrogens with zero attached hydrogens (tertiary/aromatic N) is 5. The van der Waals surface area contributed by atoms with Gasteiger partial charge in [0.25, 0.3) is 11.5 Å². The number of aromatic nitrogens is 2. The van der Waals surface area contributed by atoms with E-state index in [1.54, 1.807) is 22.8 Å². The van der Waals surface area contributed by atoms with E-state index in [0.717, 1.165) is 38.8 Å². The fourth-order valence-electron chi connectivity index (χ4n) is 5.16. The molecule has 0 spiro atoms. The summed E-state index contributed by atoms with van der Waals surface area (Å²) >= 11 is 1.30. The van der Waals surface area contributed by atoms with Gasteiger partial charge in [-0.25, -0.2) is 4.98 Å². The van der Waals surface area contributed by atoms with Crippen molar-refractivity contribution in [1.29, 1.82) is 5.26 Å². The molecule has 1 aromatic heterocycles. The molecule has 0 N–H and O–H groups in total. The summed E-state index contributed by atoms with van der Waals surface area (Å²) in [5.74, 6) is 0.193. The Labute approximate surface area is 209 Å². The summed E-state index contributed by atoms with van der Waals surface area (Å²) in [5, 5.41) is 10.2. The van der Waals surface area contributed by atoms with Crippen LogP contribution in [-0.4, -0.2) is 52.3 Å². The molecule has 8 heteroatoms. The second-order valence-electron chi connectivity index (χ2n) is 9.15. The van der Waals surface area contributed by atoms with Gasteiger partial charge in [-0.2, -0.15) is 5.26 Å². The maximum Gasteiger partial charge on any atom is 0.262 e. The number of nitriles is 1. The van der Waals surface area contributed by atoms with Crippen LogP contribution in [-0.2, 0) is 0 Å². The highest BCUT2D eigenvalue weighted by atomic mass is 32.2. The molecule has 7 nitrogen and oxygen atoms in total. The molecule has 180 valence electrons. The lowest BCUT2D eigenvalue weighted by molar-refractivity contribution is 0.0747. The van der Waals surface area contributed by atoms with Crippen LogP contribution < -0.4 is 10.5 Å². The third-order valence-electron chi connectivity index (χ3n) is 7.01. The zero-order chi connectivity index (χ0) is 24.2. The number of hydrogen-bond acceptors (Lipinski definition) is 6. The van der Waals surface area contributed by atoms with Crippen LogP contribution in [0.2, 0.25) is 0 Å². The second kappa shape index (κ2) is 10.5. The van der Waals surface area contributed by atoms with E-state index in [1.165, 1.54) is 23.9 Å². The Balaban J connectivity index is 1.40. The minimum atomic E-state index is -0.0715. The van der Waals surface area contributed by atoms with E-state index in [-0.39, 0.29) is 23.3 Å². The van der Waals surface area contributed by atoms with Gasteiger partial charge in [0.1, 0.15) is 0 Å². The Kier molecular flexibility index (Phi) is 7.05. The van der Waals surface area contributed by atoms with Crippen LogP contribution in [0.4, 0.5) is 5.69 Å². The summed E-state index contributed by atoms with van der Waals surface area (Å²) in [7, 11) is 0. The minimum absolute atomic E-state index is 0.0379. The molecule has 2 heterocycles. The highest BCUT2D eigenvalue weighted by Crippen LogP contribution is 2.31. The number of hydrogen-bond donors (Lipinski definition) is 0. The second-order valence-corrected chi connectivity index (χ2v) is 10.1. The largest absolute Gasteiger partial charge is 0.368 e. The van der Waals surface area contributed by atoms with Crippen LogP contribution in [0.1, 0.15) is 48.5 Å². The number of piperazine rings is 1. The summed E-state index contributed by atoms with van der Waals surface area (Å²) in [6.07, 6.45) is 5.31. The number of fused-ring (bicyclic) bond motifs is 1. The van der Waals surface area contributed by atoms with Gasteiger partial charge in [-0.1, -0.05) is 49.2 Å². The molecule has 0 radical (unpaired) electrons. The van der Waals surface area contributed by atoms with Crippen molar-refractivity contribution in [2.75, 3.05) is 36.8 Å². The quantitative estimate of drug-likeness (QED) is 0.390.